The molecule has 0 saturated carbocycles. The molecule has 1 aromatic heterocycles. The van der Waals surface area contributed by atoms with Crippen molar-refractivity contribution in [3.05, 3.63) is 66.4 Å². The second kappa shape index (κ2) is 9.17. The molecule has 6 rings (SSSR count). The number of hydrogen-bond donors (Lipinski definition) is 1. The molecule has 3 saturated heterocycles. The summed E-state index contributed by atoms with van der Waals surface area (Å²) in [5.41, 5.74) is 4.57. The zero-order valence-corrected chi connectivity index (χ0v) is 20.9. The van der Waals surface area contributed by atoms with Gasteiger partial charge < -0.3 is 4.90 Å². The molecule has 34 heavy (non-hydrogen) atoms. The van der Waals surface area contributed by atoms with Crippen molar-refractivity contribution in [3.63, 3.8) is 0 Å². The van der Waals surface area contributed by atoms with Crippen LogP contribution < -0.4 is 9.62 Å². The number of sulfonamides is 1. The maximum atomic E-state index is 12.7. The lowest BCUT2D eigenvalue weighted by atomic mass is 9.74. The second-order valence-electron chi connectivity index (χ2n) is 9.72. The Bertz CT molecular complexity index is 1240. The molecule has 3 aliphatic rings. The lowest BCUT2D eigenvalue weighted by molar-refractivity contribution is 0.0306. The number of benzene rings is 2. The van der Waals surface area contributed by atoms with Gasteiger partial charge in [-0.15, -0.1) is 0 Å². The highest BCUT2D eigenvalue weighted by atomic mass is 32.2. The normalized spacial score (nSPS) is 24.3. The van der Waals surface area contributed by atoms with E-state index in [1.165, 1.54) is 11.4 Å². The number of anilines is 1. The summed E-state index contributed by atoms with van der Waals surface area (Å²) in [4.78, 5) is 4.87. The van der Waals surface area contributed by atoms with Crippen molar-refractivity contribution >= 4 is 15.7 Å². The Morgan fingerprint density at radius 3 is 2.47 bits per heavy atom. The summed E-state index contributed by atoms with van der Waals surface area (Å²) in [5, 5.41) is 4.83. The third-order valence-corrected chi connectivity index (χ3v) is 8.86. The molecule has 3 aromatic rings. The Kier molecular flexibility index (Phi) is 6.22. The summed E-state index contributed by atoms with van der Waals surface area (Å²) < 4.78 is 30.2. The predicted octanol–water partition coefficient (Wildman–Crippen LogP) is 3.31. The highest BCUT2D eigenvalue weighted by Crippen LogP contribution is 2.42. The van der Waals surface area contributed by atoms with Gasteiger partial charge in [-0.2, -0.15) is 5.10 Å². The molecule has 0 radical (unpaired) electrons. The minimum Gasteiger partial charge on any atom is -0.378 e. The zero-order valence-electron chi connectivity index (χ0n) is 20.1. The zero-order chi connectivity index (χ0) is 23.9. The fourth-order valence-corrected chi connectivity index (χ4v) is 6.57. The van der Waals surface area contributed by atoms with Crippen molar-refractivity contribution in [1.29, 1.82) is 0 Å². The predicted molar refractivity (Wildman–Crippen MR) is 135 cm³/mol. The van der Waals surface area contributed by atoms with Crippen LogP contribution >= 0.6 is 0 Å². The fourth-order valence-electron chi connectivity index (χ4n) is 5.47. The largest absolute Gasteiger partial charge is 0.378 e. The summed E-state index contributed by atoms with van der Waals surface area (Å²) in [7, 11) is 2.64. The summed E-state index contributed by atoms with van der Waals surface area (Å²) in [5.74, 6) is 0.957. The highest BCUT2D eigenvalue weighted by molar-refractivity contribution is 7.89. The van der Waals surface area contributed by atoms with E-state index in [1.807, 2.05) is 31.9 Å². The van der Waals surface area contributed by atoms with Crippen molar-refractivity contribution in [1.82, 2.24) is 19.4 Å². The topological polar surface area (TPSA) is 70.5 Å². The van der Waals surface area contributed by atoms with Crippen LogP contribution in [-0.2, 0) is 17.1 Å². The molecule has 7 nitrogen and oxygen atoms in total. The molecule has 180 valence electrons. The Balaban J connectivity index is 1.27. The van der Waals surface area contributed by atoms with Crippen molar-refractivity contribution in [3.8, 4) is 11.3 Å². The molecule has 4 unspecified atom stereocenters. The van der Waals surface area contributed by atoms with Gasteiger partial charge in [-0.25, -0.2) is 13.1 Å². The molecule has 2 aromatic carbocycles. The first kappa shape index (κ1) is 23.1. The van der Waals surface area contributed by atoms with Crippen molar-refractivity contribution in [2.24, 2.45) is 13.0 Å². The van der Waals surface area contributed by atoms with E-state index in [1.54, 1.807) is 24.3 Å². The Hall–Kier alpha value is -2.68. The average Bonchev–Trinajstić information content (AvgIpc) is 3.25. The minimum atomic E-state index is -3.48. The van der Waals surface area contributed by atoms with Gasteiger partial charge in [0.2, 0.25) is 10.0 Å². The SMILES string of the molecule is CN(C)c1ccc(-c2cc(C3CN4CCC3CC4CNS(=O)(=O)c3ccccc3)n(C)n2)cc1. The Morgan fingerprint density at radius 2 is 1.82 bits per heavy atom. The fraction of sp³-hybridized carbons (Fsp3) is 0.423. The van der Waals surface area contributed by atoms with Crippen LogP contribution in [0, 0.1) is 5.92 Å². The van der Waals surface area contributed by atoms with Gasteiger partial charge in [-0.3, -0.25) is 9.58 Å². The monoisotopic (exact) mass is 479 g/mol. The van der Waals surface area contributed by atoms with E-state index in [9.17, 15) is 8.42 Å². The van der Waals surface area contributed by atoms with Crippen LogP contribution in [0.1, 0.15) is 24.5 Å². The van der Waals surface area contributed by atoms with E-state index in [0.717, 1.165) is 37.2 Å². The molecule has 0 aliphatic carbocycles. The van der Waals surface area contributed by atoms with Gasteiger partial charge in [-0.05, 0) is 55.6 Å². The number of piperidine rings is 3. The number of hydrogen-bond acceptors (Lipinski definition) is 5. The van der Waals surface area contributed by atoms with Crippen LogP contribution in [0.2, 0.25) is 0 Å². The summed E-state index contributed by atoms with van der Waals surface area (Å²) in [6.07, 6.45) is 2.14. The molecule has 3 aliphatic heterocycles. The first-order chi connectivity index (χ1) is 16.3. The van der Waals surface area contributed by atoms with Gasteiger partial charge in [0.15, 0.2) is 0 Å². The number of nitrogens with zero attached hydrogens (tertiary/aromatic N) is 4. The van der Waals surface area contributed by atoms with Crippen molar-refractivity contribution in [2.45, 2.75) is 29.7 Å². The Morgan fingerprint density at radius 1 is 1.09 bits per heavy atom. The maximum Gasteiger partial charge on any atom is 0.240 e. The standard InChI is InChI=1S/C26H33N5O2S/c1-29(2)21-11-9-19(10-12-21)25-16-26(30(3)28-25)24-18-31-14-13-20(24)15-22(31)17-27-34(32,33)23-7-5-4-6-8-23/h4-12,16,20,22,24,27H,13-15,17-18H2,1-3H3. The number of fused-ring (bicyclic) bond motifs is 3. The maximum absolute atomic E-state index is 12.7. The Labute approximate surface area is 202 Å². The third kappa shape index (κ3) is 4.50. The number of rotatable bonds is 7. The van der Waals surface area contributed by atoms with Gasteiger partial charge in [0.1, 0.15) is 0 Å². The molecule has 2 bridgehead atoms. The van der Waals surface area contributed by atoms with E-state index in [2.05, 4.69) is 44.9 Å². The smallest absolute Gasteiger partial charge is 0.240 e. The number of aryl methyl sites for hydroxylation is 1. The lowest BCUT2D eigenvalue weighted by Gasteiger charge is -2.49. The lowest BCUT2D eigenvalue weighted by Crippen LogP contribution is -2.56. The van der Waals surface area contributed by atoms with E-state index in [0.29, 0.717) is 23.3 Å². The summed E-state index contributed by atoms with van der Waals surface area (Å²) in [6.45, 7) is 2.42. The molecule has 4 atom stereocenters. The van der Waals surface area contributed by atoms with Crippen LogP contribution in [0.4, 0.5) is 5.69 Å². The molecule has 3 fully saturated rings. The van der Waals surface area contributed by atoms with Gasteiger partial charge in [-0.1, -0.05) is 30.3 Å². The van der Waals surface area contributed by atoms with Crippen molar-refractivity contribution < 1.29 is 8.42 Å². The molecular formula is C26H33N5O2S. The average molecular weight is 480 g/mol. The molecule has 1 N–H and O–H groups in total. The molecule has 0 amide bonds. The molecule has 0 spiro atoms. The first-order valence-corrected chi connectivity index (χ1v) is 13.4. The van der Waals surface area contributed by atoms with Crippen LogP contribution in [0.5, 0.6) is 0 Å². The van der Waals surface area contributed by atoms with Crippen LogP contribution in [0.15, 0.2) is 65.6 Å². The first-order valence-electron chi connectivity index (χ1n) is 11.9. The highest BCUT2D eigenvalue weighted by Gasteiger charge is 2.42. The minimum absolute atomic E-state index is 0.236. The van der Waals surface area contributed by atoms with Crippen LogP contribution in [0.25, 0.3) is 11.3 Å². The van der Waals surface area contributed by atoms with Crippen LogP contribution in [-0.4, -0.2) is 62.9 Å². The van der Waals surface area contributed by atoms with Crippen LogP contribution in [0.3, 0.4) is 0 Å². The number of nitrogens with one attached hydrogen (secondary N) is 1. The van der Waals surface area contributed by atoms with E-state index < -0.39 is 10.0 Å². The second-order valence-corrected chi connectivity index (χ2v) is 11.5. The molecule has 4 heterocycles. The number of aromatic nitrogens is 2. The van der Waals surface area contributed by atoms with Gasteiger partial charge in [0.05, 0.1) is 10.6 Å². The van der Waals surface area contributed by atoms with Gasteiger partial charge in [0.25, 0.3) is 0 Å². The summed E-state index contributed by atoms with van der Waals surface area (Å²) in [6, 6.07) is 19.6. The summed E-state index contributed by atoms with van der Waals surface area (Å²) >= 11 is 0. The van der Waals surface area contributed by atoms with Crippen molar-refractivity contribution in [2.75, 3.05) is 38.6 Å². The third-order valence-electron chi connectivity index (χ3n) is 7.42. The van der Waals surface area contributed by atoms with E-state index >= 15 is 0 Å². The molecule has 8 heteroatoms. The quantitative estimate of drug-likeness (QED) is 0.563. The van der Waals surface area contributed by atoms with E-state index in [4.69, 9.17) is 5.10 Å². The van der Waals surface area contributed by atoms with Gasteiger partial charge in [0, 0.05) is 63.1 Å². The molecular weight excluding hydrogens is 446 g/mol. The van der Waals surface area contributed by atoms with Gasteiger partial charge >= 0.3 is 0 Å². The van der Waals surface area contributed by atoms with E-state index in [-0.39, 0.29) is 6.04 Å².